The number of amides is 1. The Hall–Kier alpha value is -2.84. The van der Waals surface area contributed by atoms with Crippen molar-refractivity contribution in [3.8, 4) is 6.07 Å². The van der Waals surface area contributed by atoms with Crippen molar-refractivity contribution in [2.24, 2.45) is 0 Å². The number of benzene rings is 2. The van der Waals surface area contributed by atoms with Gasteiger partial charge in [-0.15, -0.1) is 0 Å². The van der Waals surface area contributed by atoms with Gasteiger partial charge >= 0.3 is 5.97 Å². The number of carbonyl (C=O) groups excluding carboxylic acids is 2. The first-order valence-corrected chi connectivity index (χ1v) is 7.53. The largest absolute Gasteiger partial charge is 0.452 e. The van der Waals surface area contributed by atoms with Crippen molar-refractivity contribution in [1.29, 1.82) is 5.26 Å². The Labute approximate surface area is 144 Å². The first-order chi connectivity index (χ1) is 11.4. The normalized spacial score (nSPS) is 9.92. The number of carbonyl (C=O) groups is 2. The van der Waals surface area contributed by atoms with E-state index >= 15 is 0 Å². The summed E-state index contributed by atoms with van der Waals surface area (Å²) in [6.45, 7) is 3.31. The maximum atomic E-state index is 12.1. The molecule has 1 N–H and O–H groups in total. The van der Waals surface area contributed by atoms with Crippen LogP contribution in [-0.4, -0.2) is 18.5 Å². The van der Waals surface area contributed by atoms with Crippen molar-refractivity contribution < 1.29 is 14.3 Å². The highest BCUT2D eigenvalue weighted by Gasteiger charge is 2.14. The molecule has 0 aliphatic carbocycles. The Morgan fingerprint density at radius 1 is 1.25 bits per heavy atom. The molecular formula is C18H15ClN2O3. The fraction of sp³-hybridized carbons (Fsp3) is 0.167. The molecule has 5 nitrogen and oxygen atoms in total. The lowest BCUT2D eigenvalue weighted by Gasteiger charge is -2.09. The average molecular weight is 343 g/mol. The number of nitrogens with one attached hydrogen (secondary N) is 1. The number of hydrogen-bond acceptors (Lipinski definition) is 4. The zero-order valence-electron chi connectivity index (χ0n) is 13.2. The van der Waals surface area contributed by atoms with E-state index in [1.54, 1.807) is 18.2 Å². The number of rotatable bonds is 4. The van der Waals surface area contributed by atoms with E-state index < -0.39 is 18.5 Å². The lowest BCUT2D eigenvalue weighted by Crippen LogP contribution is -2.21. The van der Waals surface area contributed by atoms with Gasteiger partial charge in [-0.25, -0.2) is 4.79 Å². The molecule has 0 saturated carbocycles. The van der Waals surface area contributed by atoms with Gasteiger partial charge in [-0.05, 0) is 49.2 Å². The summed E-state index contributed by atoms with van der Waals surface area (Å²) < 4.78 is 5.04. The SMILES string of the molecule is Cc1cccc(C(=O)OCC(=O)Nc2ccc(C#N)c(Cl)c2)c1C. The molecule has 0 aliphatic rings. The van der Waals surface area contributed by atoms with E-state index in [0.717, 1.165) is 11.1 Å². The summed E-state index contributed by atoms with van der Waals surface area (Å²) in [5.74, 6) is -1.04. The van der Waals surface area contributed by atoms with Gasteiger partial charge in [0.2, 0.25) is 0 Å². The molecular weight excluding hydrogens is 328 g/mol. The van der Waals surface area contributed by atoms with Crippen LogP contribution >= 0.6 is 11.6 Å². The fourth-order valence-corrected chi connectivity index (χ4v) is 2.28. The predicted octanol–water partition coefficient (Wildman–Crippen LogP) is 3.62. The number of nitriles is 1. The number of anilines is 1. The van der Waals surface area contributed by atoms with Crippen LogP contribution in [0.1, 0.15) is 27.0 Å². The first-order valence-electron chi connectivity index (χ1n) is 7.15. The predicted molar refractivity (Wildman–Crippen MR) is 91.0 cm³/mol. The fourth-order valence-electron chi connectivity index (χ4n) is 2.06. The molecule has 0 atom stereocenters. The maximum absolute atomic E-state index is 12.1. The van der Waals surface area contributed by atoms with Crippen molar-refractivity contribution in [2.45, 2.75) is 13.8 Å². The minimum Gasteiger partial charge on any atom is -0.452 e. The summed E-state index contributed by atoms with van der Waals surface area (Å²) in [7, 11) is 0. The van der Waals surface area contributed by atoms with Crippen molar-refractivity contribution in [2.75, 3.05) is 11.9 Å². The van der Waals surface area contributed by atoms with Crippen LogP contribution in [-0.2, 0) is 9.53 Å². The molecule has 0 saturated heterocycles. The standard InChI is InChI=1S/C18H15ClN2O3/c1-11-4-3-5-15(12(11)2)18(23)24-10-17(22)21-14-7-6-13(9-20)16(19)8-14/h3-8H,10H2,1-2H3,(H,21,22). The molecule has 0 aromatic heterocycles. The molecule has 0 heterocycles. The van der Waals surface area contributed by atoms with E-state index in [4.69, 9.17) is 21.6 Å². The van der Waals surface area contributed by atoms with E-state index in [1.165, 1.54) is 12.1 Å². The Bertz CT molecular complexity index is 841. The highest BCUT2D eigenvalue weighted by atomic mass is 35.5. The molecule has 2 aromatic carbocycles. The maximum Gasteiger partial charge on any atom is 0.338 e. The quantitative estimate of drug-likeness (QED) is 0.860. The second-order valence-electron chi connectivity index (χ2n) is 5.18. The average Bonchev–Trinajstić information content (AvgIpc) is 2.55. The van der Waals surface area contributed by atoms with Crippen molar-refractivity contribution >= 4 is 29.2 Å². The molecule has 122 valence electrons. The number of ether oxygens (including phenoxy) is 1. The number of esters is 1. The second-order valence-corrected chi connectivity index (χ2v) is 5.59. The second kappa shape index (κ2) is 7.62. The molecule has 0 spiro atoms. The molecule has 1 amide bonds. The van der Waals surface area contributed by atoms with Crippen LogP contribution in [0, 0.1) is 25.2 Å². The van der Waals surface area contributed by atoms with Crippen LogP contribution in [0.15, 0.2) is 36.4 Å². The summed E-state index contributed by atoms with van der Waals surface area (Å²) >= 11 is 5.89. The van der Waals surface area contributed by atoms with E-state index in [9.17, 15) is 9.59 Å². The van der Waals surface area contributed by atoms with Crippen LogP contribution in [0.4, 0.5) is 5.69 Å². The summed E-state index contributed by atoms with van der Waals surface area (Å²) in [5, 5.41) is 11.6. The number of nitrogens with zero attached hydrogens (tertiary/aromatic N) is 1. The van der Waals surface area contributed by atoms with Gasteiger partial charge in [0.25, 0.3) is 5.91 Å². The van der Waals surface area contributed by atoms with Gasteiger partial charge in [-0.1, -0.05) is 23.7 Å². The zero-order chi connectivity index (χ0) is 17.7. The summed E-state index contributed by atoms with van der Waals surface area (Å²) in [4.78, 5) is 23.9. The minimum atomic E-state index is -0.552. The summed E-state index contributed by atoms with van der Waals surface area (Å²) in [5.41, 5.74) is 2.97. The summed E-state index contributed by atoms with van der Waals surface area (Å²) in [6, 6.07) is 11.8. The van der Waals surface area contributed by atoms with Crippen LogP contribution in [0.25, 0.3) is 0 Å². The monoisotopic (exact) mass is 342 g/mol. The van der Waals surface area contributed by atoms with Gasteiger partial charge in [0.15, 0.2) is 6.61 Å². The van der Waals surface area contributed by atoms with Crippen LogP contribution < -0.4 is 5.32 Å². The molecule has 6 heteroatoms. The topological polar surface area (TPSA) is 79.2 Å². The third-order valence-electron chi connectivity index (χ3n) is 3.53. The Morgan fingerprint density at radius 2 is 2.00 bits per heavy atom. The van der Waals surface area contributed by atoms with Crippen LogP contribution in [0.3, 0.4) is 0 Å². The number of aryl methyl sites for hydroxylation is 1. The highest BCUT2D eigenvalue weighted by molar-refractivity contribution is 6.32. The van der Waals surface area contributed by atoms with Gasteiger partial charge in [-0.3, -0.25) is 4.79 Å². The van der Waals surface area contributed by atoms with E-state index in [1.807, 2.05) is 26.0 Å². The third-order valence-corrected chi connectivity index (χ3v) is 3.84. The molecule has 0 radical (unpaired) electrons. The van der Waals surface area contributed by atoms with E-state index in [-0.39, 0.29) is 5.02 Å². The highest BCUT2D eigenvalue weighted by Crippen LogP contribution is 2.20. The Kier molecular flexibility index (Phi) is 5.56. The molecule has 0 bridgehead atoms. The lowest BCUT2D eigenvalue weighted by molar-refractivity contribution is -0.119. The van der Waals surface area contributed by atoms with Gasteiger partial charge in [0.1, 0.15) is 6.07 Å². The van der Waals surface area contributed by atoms with Crippen LogP contribution in [0.2, 0.25) is 5.02 Å². The Morgan fingerprint density at radius 3 is 2.67 bits per heavy atom. The van der Waals surface area contributed by atoms with Crippen molar-refractivity contribution in [1.82, 2.24) is 0 Å². The summed E-state index contributed by atoms with van der Waals surface area (Å²) in [6.07, 6.45) is 0. The smallest absolute Gasteiger partial charge is 0.338 e. The van der Waals surface area contributed by atoms with E-state index in [2.05, 4.69) is 5.32 Å². The third kappa shape index (κ3) is 4.12. The minimum absolute atomic E-state index is 0.239. The molecule has 0 fully saturated rings. The first kappa shape index (κ1) is 17.5. The lowest BCUT2D eigenvalue weighted by atomic mass is 10.0. The van der Waals surface area contributed by atoms with Crippen molar-refractivity contribution in [3.05, 3.63) is 63.7 Å². The molecule has 2 aromatic rings. The van der Waals surface area contributed by atoms with Gasteiger partial charge in [0, 0.05) is 5.69 Å². The van der Waals surface area contributed by atoms with Crippen molar-refractivity contribution in [3.63, 3.8) is 0 Å². The molecule has 24 heavy (non-hydrogen) atoms. The molecule has 2 rings (SSSR count). The zero-order valence-corrected chi connectivity index (χ0v) is 14.0. The van der Waals surface area contributed by atoms with Crippen LogP contribution in [0.5, 0.6) is 0 Å². The number of halogens is 1. The van der Waals surface area contributed by atoms with Gasteiger partial charge in [0.05, 0.1) is 16.1 Å². The number of hydrogen-bond donors (Lipinski definition) is 1. The van der Waals surface area contributed by atoms with Gasteiger partial charge in [-0.2, -0.15) is 5.26 Å². The van der Waals surface area contributed by atoms with E-state index in [0.29, 0.717) is 16.8 Å². The Balaban J connectivity index is 1.96. The molecule has 0 unspecified atom stereocenters. The van der Waals surface area contributed by atoms with Gasteiger partial charge < -0.3 is 10.1 Å². The molecule has 0 aliphatic heterocycles.